The zero-order chi connectivity index (χ0) is 20.2. The number of aromatic carboxylic acids is 1. The third kappa shape index (κ3) is 3.96. The number of nitrogens with one attached hydrogen (secondary N) is 1. The molecule has 6 heteroatoms. The van der Waals surface area contributed by atoms with Crippen molar-refractivity contribution < 1.29 is 19.4 Å². The summed E-state index contributed by atoms with van der Waals surface area (Å²) in [6.07, 6.45) is 1.57. The minimum absolute atomic E-state index is 0.00162. The van der Waals surface area contributed by atoms with Crippen LogP contribution in [0.1, 0.15) is 33.1 Å². The lowest BCUT2D eigenvalue weighted by Gasteiger charge is -2.14. The Labute approximate surface area is 168 Å². The molecule has 1 heterocycles. The van der Waals surface area contributed by atoms with Gasteiger partial charge in [0, 0.05) is 18.7 Å². The highest BCUT2D eigenvalue weighted by Gasteiger charge is 2.28. The molecule has 0 aliphatic heterocycles. The second kappa shape index (κ2) is 8.14. The van der Waals surface area contributed by atoms with Gasteiger partial charge in [0.2, 0.25) is 0 Å². The van der Waals surface area contributed by atoms with Gasteiger partial charge >= 0.3 is 12.1 Å². The molecule has 1 aromatic heterocycles. The normalized spacial score (nSPS) is 12.1. The average molecular weight is 388 g/mol. The number of alkyl carbamates (subject to hydrolysis) is 1. The van der Waals surface area contributed by atoms with Crippen molar-refractivity contribution in [2.45, 2.75) is 12.3 Å². The van der Waals surface area contributed by atoms with E-state index in [-0.39, 0.29) is 18.2 Å². The molecule has 2 aromatic carbocycles. The van der Waals surface area contributed by atoms with Crippen LogP contribution in [0, 0.1) is 0 Å². The van der Waals surface area contributed by atoms with Crippen LogP contribution in [0.2, 0.25) is 0 Å². The van der Waals surface area contributed by atoms with Crippen LogP contribution < -0.4 is 5.32 Å². The number of nitrogens with zero attached hydrogens (tertiary/aromatic N) is 1. The fourth-order valence-electron chi connectivity index (χ4n) is 3.66. The molecule has 1 aliphatic rings. The number of hydrogen-bond acceptors (Lipinski definition) is 4. The van der Waals surface area contributed by atoms with Crippen LogP contribution in [-0.2, 0) is 11.2 Å². The number of benzene rings is 2. The second-order valence-electron chi connectivity index (χ2n) is 6.86. The maximum absolute atomic E-state index is 12.1. The highest BCUT2D eigenvalue weighted by Crippen LogP contribution is 2.44. The van der Waals surface area contributed by atoms with Crippen LogP contribution in [0.5, 0.6) is 0 Å². The fourth-order valence-corrected chi connectivity index (χ4v) is 3.66. The Morgan fingerprint density at radius 2 is 1.62 bits per heavy atom. The van der Waals surface area contributed by atoms with E-state index in [1.807, 2.05) is 24.3 Å². The van der Waals surface area contributed by atoms with E-state index in [1.54, 1.807) is 6.07 Å². The first-order valence-electron chi connectivity index (χ1n) is 9.40. The summed E-state index contributed by atoms with van der Waals surface area (Å²) in [5.74, 6) is -1.03. The minimum Gasteiger partial charge on any atom is -0.477 e. The van der Waals surface area contributed by atoms with Crippen LogP contribution >= 0.6 is 0 Å². The Hall–Kier alpha value is -3.67. The monoisotopic (exact) mass is 388 g/mol. The number of carbonyl (C=O) groups excluding carboxylic acids is 1. The Morgan fingerprint density at radius 1 is 0.966 bits per heavy atom. The van der Waals surface area contributed by atoms with Crippen LogP contribution in [0.4, 0.5) is 4.79 Å². The van der Waals surface area contributed by atoms with Gasteiger partial charge in [-0.25, -0.2) is 14.6 Å². The molecule has 0 saturated heterocycles. The lowest BCUT2D eigenvalue weighted by atomic mass is 9.98. The number of aromatic nitrogens is 1. The van der Waals surface area contributed by atoms with E-state index in [0.29, 0.717) is 13.0 Å². The molecule has 0 bridgehead atoms. The summed E-state index contributed by atoms with van der Waals surface area (Å²) in [6.45, 7) is 0.652. The molecule has 0 saturated carbocycles. The van der Waals surface area contributed by atoms with Crippen molar-refractivity contribution in [3.05, 3.63) is 89.2 Å². The van der Waals surface area contributed by atoms with Crippen molar-refractivity contribution in [2.75, 3.05) is 13.2 Å². The molecule has 0 atom stereocenters. The van der Waals surface area contributed by atoms with Gasteiger partial charge in [0.05, 0.1) is 0 Å². The van der Waals surface area contributed by atoms with Crippen molar-refractivity contribution in [3.63, 3.8) is 0 Å². The molecule has 1 aliphatic carbocycles. The van der Waals surface area contributed by atoms with Gasteiger partial charge in [-0.05, 0) is 40.3 Å². The Balaban J connectivity index is 1.31. The standard InChI is InChI=1S/C23H20N2O4/c26-22(27)21-10-9-15(13-25-21)11-12-24-23(28)29-14-20-18-7-3-1-5-16(18)17-6-2-4-8-19(17)20/h1-10,13,20H,11-12,14H2,(H,24,28)(H,26,27). The van der Waals surface area contributed by atoms with E-state index in [0.717, 1.165) is 5.56 Å². The Morgan fingerprint density at radius 3 is 2.21 bits per heavy atom. The van der Waals surface area contributed by atoms with Gasteiger partial charge in [-0.3, -0.25) is 0 Å². The predicted molar refractivity (Wildman–Crippen MR) is 108 cm³/mol. The summed E-state index contributed by atoms with van der Waals surface area (Å²) >= 11 is 0. The number of pyridine rings is 1. The topological polar surface area (TPSA) is 88.5 Å². The number of amides is 1. The fraction of sp³-hybridized carbons (Fsp3) is 0.174. The number of carbonyl (C=O) groups is 2. The van der Waals surface area contributed by atoms with E-state index >= 15 is 0 Å². The molecule has 0 fully saturated rings. The van der Waals surface area contributed by atoms with E-state index in [2.05, 4.69) is 34.6 Å². The van der Waals surface area contributed by atoms with Gasteiger partial charge in [-0.15, -0.1) is 0 Å². The summed E-state index contributed by atoms with van der Waals surface area (Å²) in [5.41, 5.74) is 5.56. The zero-order valence-electron chi connectivity index (χ0n) is 15.7. The molecule has 146 valence electrons. The molecular formula is C23H20N2O4. The second-order valence-corrected chi connectivity index (χ2v) is 6.86. The van der Waals surface area contributed by atoms with E-state index in [4.69, 9.17) is 9.84 Å². The highest BCUT2D eigenvalue weighted by atomic mass is 16.5. The molecule has 0 radical (unpaired) electrons. The molecule has 1 amide bonds. The minimum atomic E-state index is -1.06. The molecule has 4 rings (SSSR count). The van der Waals surface area contributed by atoms with Gasteiger partial charge in [-0.2, -0.15) is 0 Å². The molecule has 3 aromatic rings. The van der Waals surface area contributed by atoms with Gasteiger partial charge in [0.25, 0.3) is 0 Å². The predicted octanol–water partition coefficient (Wildman–Crippen LogP) is 3.86. The van der Waals surface area contributed by atoms with Crippen molar-refractivity contribution >= 4 is 12.1 Å². The largest absolute Gasteiger partial charge is 0.477 e. The van der Waals surface area contributed by atoms with E-state index in [9.17, 15) is 9.59 Å². The van der Waals surface area contributed by atoms with Crippen molar-refractivity contribution in [1.82, 2.24) is 10.3 Å². The highest BCUT2D eigenvalue weighted by molar-refractivity contribution is 5.85. The quantitative estimate of drug-likeness (QED) is 0.669. The SMILES string of the molecule is O=C(NCCc1ccc(C(=O)O)nc1)OCC1c2ccccc2-c2ccccc21. The summed E-state index contributed by atoms with van der Waals surface area (Å²) < 4.78 is 5.48. The number of rotatable bonds is 6. The van der Waals surface area contributed by atoms with Gasteiger partial charge < -0.3 is 15.2 Å². The van der Waals surface area contributed by atoms with E-state index in [1.165, 1.54) is 34.5 Å². The van der Waals surface area contributed by atoms with Gasteiger partial charge in [0.1, 0.15) is 12.3 Å². The van der Waals surface area contributed by atoms with Crippen molar-refractivity contribution in [3.8, 4) is 11.1 Å². The lowest BCUT2D eigenvalue weighted by Crippen LogP contribution is -2.28. The number of ether oxygens (including phenoxy) is 1. The molecular weight excluding hydrogens is 368 g/mol. The number of fused-ring (bicyclic) bond motifs is 3. The first kappa shape index (κ1) is 18.7. The maximum Gasteiger partial charge on any atom is 0.407 e. The van der Waals surface area contributed by atoms with Crippen LogP contribution in [0.3, 0.4) is 0 Å². The van der Waals surface area contributed by atoms with Gasteiger partial charge in [-0.1, -0.05) is 54.6 Å². The molecule has 0 unspecified atom stereocenters. The molecule has 2 N–H and O–H groups in total. The molecule has 6 nitrogen and oxygen atoms in total. The van der Waals surface area contributed by atoms with Crippen LogP contribution in [0.15, 0.2) is 66.9 Å². The summed E-state index contributed by atoms with van der Waals surface area (Å²) in [4.78, 5) is 26.8. The Kier molecular flexibility index (Phi) is 5.24. The number of carboxylic acid groups (broad SMARTS) is 1. The third-order valence-electron chi connectivity index (χ3n) is 5.07. The Bertz CT molecular complexity index is 1000. The average Bonchev–Trinajstić information content (AvgIpc) is 3.06. The maximum atomic E-state index is 12.1. The van der Waals surface area contributed by atoms with Gasteiger partial charge in [0.15, 0.2) is 0 Å². The summed E-state index contributed by atoms with van der Waals surface area (Å²) in [7, 11) is 0. The molecule has 0 spiro atoms. The summed E-state index contributed by atoms with van der Waals surface area (Å²) in [6, 6.07) is 19.5. The van der Waals surface area contributed by atoms with Crippen LogP contribution in [-0.4, -0.2) is 35.3 Å². The number of hydrogen-bond donors (Lipinski definition) is 2. The van der Waals surface area contributed by atoms with Crippen molar-refractivity contribution in [2.24, 2.45) is 0 Å². The number of carboxylic acids is 1. The smallest absolute Gasteiger partial charge is 0.407 e. The first-order valence-corrected chi connectivity index (χ1v) is 9.40. The van der Waals surface area contributed by atoms with Crippen LogP contribution in [0.25, 0.3) is 11.1 Å². The van der Waals surface area contributed by atoms with E-state index < -0.39 is 12.1 Å². The summed E-state index contributed by atoms with van der Waals surface area (Å²) in [5, 5.41) is 11.6. The molecule has 29 heavy (non-hydrogen) atoms. The first-order chi connectivity index (χ1) is 14.1. The van der Waals surface area contributed by atoms with Crippen molar-refractivity contribution in [1.29, 1.82) is 0 Å². The third-order valence-corrected chi connectivity index (χ3v) is 5.07. The lowest BCUT2D eigenvalue weighted by molar-refractivity contribution is 0.0690. The zero-order valence-corrected chi connectivity index (χ0v) is 15.7.